The summed E-state index contributed by atoms with van der Waals surface area (Å²) in [4.78, 5) is 16.5. The van der Waals surface area contributed by atoms with Crippen molar-refractivity contribution in [2.24, 2.45) is 5.92 Å². The highest BCUT2D eigenvalue weighted by molar-refractivity contribution is 5.76. The summed E-state index contributed by atoms with van der Waals surface area (Å²) in [5.74, 6) is 0.992. The molecule has 1 saturated carbocycles. The molecule has 0 spiro atoms. The Morgan fingerprint density at radius 2 is 1.62 bits per heavy atom. The summed E-state index contributed by atoms with van der Waals surface area (Å²) in [6.07, 6.45) is 2.54. The molecule has 0 atom stereocenters. The van der Waals surface area contributed by atoms with E-state index in [1.54, 1.807) is 12.1 Å². The zero-order valence-corrected chi connectivity index (χ0v) is 15.1. The van der Waals surface area contributed by atoms with Gasteiger partial charge in [-0.1, -0.05) is 37.8 Å². The minimum atomic E-state index is -4.29. The predicted octanol–water partition coefficient (Wildman–Crippen LogP) is 4.32. The summed E-state index contributed by atoms with van der Waals surface area (Å²) in [6, 6.07) is 5.36. The summed E-state index contributed by atoms with van der Waals surface area (Å²) < 4.78 is 37.8. The third-order valence-corrected chi connectivity index (χ3v) is 5.65. The van der Waals surface area contributed by atoms with Crippen LogP contribution in [0.1, 0.15) is 49.7 Å². The molecule has 2 aliphatic rings. The molecule has 0 radical (unpaired) electrons. The molecule has 1 aromatic carbocycles. The number of carbonyl (C=O) groups is 1. The predicted molar refractivity (Wildman–Crippen MR) is 94.5 cm³/mol. The first-order chi connectivity index (χ1) is 12.4. The van der Waals surface area contributed by atoms with Gasteiger partial charge in [-0.25, -0.2) is 0 Å². The smallest absolute Gasteiger partial charge is 0.340 e. The van der Waals surface area contributed by atoms with E-state index in [-0.39, 0.29) is 5.91 Å². The van der Waals surface area contributed by atoms with Crippen LogP contribution in [0.2, 0.25) is 0 Å². The van der Waals surface area contributed by atoms with Gasteiger partial charge in [0.2, 0.25) is 5.91 Å². The van der Waals surface area contributed by atoms with Crippen molar-refractivity contribution in [2.45, 2.75) is 51.2 Å². The molecular formula is C20H27F3N2O. The number of amides is 1. The second-order valence-electron chi connectivity index (χ2n) is 7.54. The minimum Gasteiger partial charge on any atom is -0.340 e. The van der Waals surface area contributed by atoms with E-state index in [0.29, 0.717) is 26.1 Å². The van der Waals surface area contributed by atoms with Crippen LogP contribution in [0.4, 0.5) is 13.2 Å². The fraction of sp³-hybridized carbons (Fsp3) is 0.650. The molecule has 1 aromatic rings. The molecule has 2 fully saturated rings. The van der Waals surface area contributed by atoms with Gasteiger partial charge >= 0.3 is 6.18 Å². The van der Waals surface area contributed by atoms with Crippen molar-refractivity contribution >= 4 is 5.91 Å². The maximum absolute atomic E-state index is 12.6. The van der Waals surface area contributed by atoms with Gasteiger partial charge in [0.15, 0.2) is 0 Å². The Morgan fingerprint density at radius 3 is 2.19 bits per heavy atom. The van der Waals surface area contributed by atoms with E-state index in [2.05, 4.69) is 4.90 Å². The number of carbonyl (C=O) groups excluding carboxylic acids is 1. The molecule has 1 amide bonds. The standard InChI is InChI=1S/C20H27F3N2O/c21-20(22,23)18-8-5-17(6-9-18)15-24-11-13-25(14-12-24)19(26)10-7-16-3-1-2-4-16/h5-6,8-9,16H,1-4,7,10-15H2. The fourth-order valence-corrected chi connectivity index (χ4v) is 4.00. The topological polar surface area (TPSA) is 23.6 Å². The van der Waals surface area contributed by atoms with Crippen LogP contribution >= 0.6 is 0 Å². The van der Waals surface area contributed by atoms with E-state index < -0.39 is 11.7 Å². The second kappa shape index (κ2) is 8.42. The van der Waals surface area contributed by atoms with E-state index >= 15 is 0 Å². The monoisotopic (exact) mass is 368 g/mol. The normalized spacial score (nSPS) is 19.9. The lowest BCUT2D eigenvalue weighted by Crippen LogP contribution is -2.48. The molecule has 6 heteroatoms. The molecule has 0 bridgehead atoms. The first kappa shape index (κ1) is 19.2. The number of hydrogen-bond donors (Lipinski definition) is 0. The van der Waals surface area contributed by atoms with Crippen molar-refractivity contribution in [3.63, 3.8) is 0 Å². The van der Waals surface area contributed by atoms with Crippen molar-refractivity contribution in [1.29, 1.82) is 0 Å². The largest absolute Gasteiger partial charge is 0.416 e. The van der Waals surface area contributed by atoms with E-state index in [1.807, 2.05) is 4.90 Å². The van der Waals surface area contributed by atoms with E-state index in [9.17, 15) is 18.0 Å². The quantitative estimate of drug-likeness (QED) is 0.773. The van der Waals surface area contributed by atoms with Crippen LogP contribution in [0.15, 0.2) is 24.3 Å². The van der Waals surface area contributed by atoms with Crippen LogP contribution < -0.4 is 0 Å². The lowest BCUT2D eigenvalue weighted by molar-refractivity contribution is -0.137. The zero-order chi connectivity index (χ0) is 18.6. The minimum absolute atomic E-state index is 0.256. The first-order valence-electron chi connectivity index (χ1n) is 9.58. The fourth-order valence-electron chi connectivity index (χ4n) is 4.00. The summed E-state index contributed by atoms with van der Waals surface area (Å²) in [7, 11) is 0. The Morgan fingerprint density at radius 1 is 1.00 bits per heavy atom. The Balaban J connectivity index is 1.41. The van der Waals surface area contributed by atoms with Crippen LogP contribution in [-0.4, -0.2) is 41.9 Å². The molecule has 3 nitrogen and oxygen atoms in total. The maximum Gasteiger partial charge on any atom is 0.416 e. The molecule has 1 heterocycles. The summed E-state index contributed by atoms with van der Waals surface area (Å²) in [5.41, 5.74) is 0.262. The van der Waals surface area contributed by atoms with Crippen LogP contribution in [0.3, 0.4) is 0 Å². The van der Waals surface area contributed by atoms with Crippen LogP contribution in [0.5, 0.6) is 0 Å². The zero-order valence-electron chi connectivity index (χ0n) is 15.1. The van der Waals surface area contributed by atoms with Gasteiger partial charge in [0.05, 0.1) is 5.56 Å². The highest BCUT2D eigenvalue weighted by Gasteiger charge is 2.30. The number of halogens is 3. The van der Waals surface area contributed by atoms with E-state index in [4.69, 9.17) is 0 Å². The van der Waals surface area contributed by atoms with Crippen molar-refractivity contribution in [3.8, 4) is 0 Å². The van der Waals surface area contributed by atoms with Crippen molar-refractivity contribution in [3.05, 3.63) is 35.4 Å². The highest BCUT2D eigenvalue weighted by Crippen LogP contribution is 2.30. The van der Waals surface area contributed by atoms with Gasteiger partial charge in [0.1, 0.15) is 0 Å². The number of alkyl halides is 3. The van der Waals surface area contributed by atoms with Gasteiger partial charge in [0.25, 0.3) is 0 Å². The van der Waals surface area contributed by atoms with Gasteiger partial charge < -0.3 is 4.90 Å². The third-order valence-electron chi connectivity index (χ3n) is 5.65. The highest BCUT2D eigenvalue weighted by atomic mass is 19.4. The van der Waals surface area contributed by atoms with E-state index in [1.165, 1.54) is 25.7 Å². The Labute approximate surface area is 153 Å². The summed E-state index contributed by atoms with van der Waals surface area (Å²) in [6.45, 7) is 3.60. The molecule has 0 N–H and O–H groups in total. The van der Waals surface area contributed by atoms with Crippen LogP contribution in [0, 0.1) is 5.92 Å². The maximum atomic E-state index is 12.6. The lowest BCUT2D eigenvalue weighted by Gasteiger charge is -2.35. The average molecular weight is 368 g/mol. The average Bonchev–Trinajstić information content (AvgIpc) is 3.13. The number of piperazine rings is 1. The molecule has 3 rings (SSSR count). The van der Waals surface area contributed by atoms with Crippen molar-refractivity contribution in [2.75, 3.05) is 26.2 Å². The van der Waals surface area contributed by atoms with Gasteiger partial charge in [-0.15, -0.1) is 0 Å². The molecule has 0 aromatic heterocycles. The number of benzene rings is 1. The molecule has 0 unspecified atom stereocenters. The number of hydrogen-bond acceptors (Lipinski definition) is 2. The molecule has 1 saturated heterocycles. The third kappa shape index (κ3) is 5.22. The molecule has 1 aliphatic carbocycles. The summed E-state index contributed by atoms with van der Waals surface area (Å²) >= 11 is 0. The lowest BCUT2D eigenvalue weighted by atomic mass is 10.0. The second-order valence-corrected chi connectivity index (χ2v) is 7.54. The molecule has 26 heavy (non-hydrogen) atoms. The Kier molecular flexibility index (Phi) is 6.22. The molecule has 144 valence electrons. The van der Waals surface area contributed by atoms with Crippen LogP contribution in [-0.2, 0) is 17.5 Å². The Hall–Kier alpha value is -1.56. The van der Waals surface area contributed by atoms with Crippen LogP contribution in [0.25, 0.3) is 0 Å². The van der Waals surface area contributed by atoms with Crippen molar-refractivity contribution in [1.82, 2.24) is 9.80 Å². The summed E-state index contributed by atoms with van der Waals surface area (Å²) in [5, 5.41) is 0. The van der Waals surface area contributed by atoms with Crippen molar-refractivity contribution < 1.29 is 18.0 Å². The van der Waals surface area contributed by atoms with Gasteiger partial charge in [0, 0.05) is 39.1 Å². The van der Waals surface area contributed by atoms with E-state index in [0.717, 1.165) is 43.1 Å². The molecule has 1 aliphatic heterocycles. The van der Waals surface area contributed by atoms with Gasteiger partial charge in [-0.2, -0.15) is 13.2 Å². The van der Waals surface area contributed by atoms with Gasteiger partial charge in [-0.05, 0) is 30.0 Å². The number of rotatable bonds is 5. The van der Waals surface area contributed by atoms with Gasteiger partial charge in [-0.3, -0.25) is 9.69 Å². The number of nitrogens with zero attached hydrogens (tertiary/aromatic N) is 2. The Bertz CT molecular complexity index is 586. The molecular weight excluding hydrogens is 341 g/mol. The SMILES string of the molecule is O=C(CCC1CCCC1)N1CCN(Cc2ccc(C(F)(F)F)cc2)CC1. The first-order valence-corrected chi connectivity index (χ1v) is 9.58.